The number of unbranched alkanes of at least 4 members (excludes halogenated alkanes) is 3. The van der Waals surface area contributed by atoms with Crippen LogP contribution in [0.4, 0.5) is 0 Å². The summed E-state index contributed by atoms with van der Waals surface area (Å²) in [7, 11) is -1.60. The summed E-state index contributed by atoms with van der Waals surface area (Å²) in [6, 6.07) is 0. The van der Waals surface area contributed by atoms with E-state index >= 15 is 0 Å². The molecule has 0 spiro atoms. The van der Waals surface area contributed by atoms with Gasteiger partial charge in [-0.3, -0.25) is 0 Å². The Morgan fingerprint density at radius 1 is 0.885 bits per heavy atom. The molecule has 0 rings (SSSR count). The van der Waals surface area contributed by atoms with Gasteiger partial charge < -0.3 is 0 Å². The van der Waals surface area contributed by atoms with E-state index in [1.807, 2.05) is 3.59 Å². The summed E-state index contributed by atoms with van der Waals surface area (Å²) >= 11 is -2.16. The van der Waals surface area contributed by atoms with Crippen LogP contribution in [0.5, 0.6) is 0 Å². The maximum absolute atomic E-state index is 6.42. The fourth-order valence-corrected chi connectivity index (χ4v) is 20.6. The third-order valence-electron chi connectivity index (χ3n) is 6.70. The third-order valence-corrected chi connectivity index (χ3v) is 27.8. The number of rotatable bonds is 14. The third kappa shape index (κ3) is 9.27. The van der Waals surface area contributed by atoms with Gasteiger partial charge in [0, 0.05) is 0 Å². The summed E-state index contributed by atoms with van der Waals surface area (Å²) in [4.78, 5) is 0. The molecule has 0 aliphatic rings. The van der Waals surface area contributed by atoms with E-state index in [1.54, 1.807) is 13.3 Å². The van der Waals surface area contributed by atoms with E-state index in [2.05, 4.69) is 67.6 Å². The van der Waals surface area contributed by atoms with Crippen LogP contribution in [0.3, 0.4) is 0 Å². The average Bonchev–Trinajstić information content (AvgIpc) is 2.57. The van der Waals surface area contributed by atoms with Crippen LogP contribution in [0.25, 0.3) is 0 Å². The molecule has 0 saturated carbocycles. The molecular weight excluding hydrogens is 439 g/mol. The molecule has 0 aliphatic carbocycles. The minimum absolute atomic E-state index is 0.318. The van der Waals surface area contributed by atoms with E-state index in [0.29, 0.717) is 5.04 Å². The van der Waals surface area contributed by atoms with Gasteiger partial charge in [-0.05, 0) is 0 Å². The molecule has 0 N–H and O–H groups in total. The number of hydrogen-bond donors (Lipinski definition) is 0. The van der Waals surface area contributed by atoms with Crippen LogP contribution < -0.4 is 0 Å². The van der Waals surface area contributed by atoms with Gasteiger partial charge >= 0.3 is 172 Å². The number of allylic oxidation sites excluding steroid dienone is 1. The zero-order chi connectivity index (χ0) is 20.3. The summed E-state index contributed by atoms with van der Waals surface area (Å²) in [5.74, 6) is 0. The summed E-state index contributed by atoms with van der Waals surface area (Å²) < 4.78 is 13.0. The van der Waals surface area contributed by atoms with E-state index in [-0.39, 0.29) is 0 Å². The molecule has 0 amide bonds. The van der Waals surface area contributed by atoms with Gasteiger partial charge in [0.2, 0.25) is 0 Å². The van der Waals surface area contributed by atoms with Crippen LogP contribution in [0, 0.1) is 0 Å². The van der Waals surface area contributed by atoms with Crippen LogP contribution in [0.15, 0.2) is 9.67 Å². The van der Waals surface area contributed by atoms with Crippen LogP contribution >= 0.6 is 0 Å². The normalized spacial score (nSPS) is 14.1. The molecule has 0 bridgehead atoms. The quantitative estimate of drug-likeness (QED) is 0.175. The van der Waals surface area contributed by atoms with Crippen molar-refractivity contribution in [2.75, 3.05) is 6.61 Å². The van der Waals surface area contributed by atoms with E-state index in [0.717, 1.165) is 13.0 Å². The van der Waals surface area contributed by atoms with Crippen molar-refractivity contribution in [3.8, 4) is 0 Å². The molecule has 0 aromatic rings. The molecule has 0 radical (unpaired) electrons. The van der Waals surface area contributed by atoms with Crippen LogP contribution in [0.1, 0.15) is 93.4 Å². The molecule has 0 heterocycles. The van der Waals surface area contributed by atoms with E-state index < -0.39 is 26.7 Å². The molecule has 26 heavy (non-hydrogen) atoms. The zero-order valence-electron chi connectivity index (χ0n) is 19.8. The standard InChI is InChI=1S/C11H23OSi.3C4H9.Sn/c1-7-8-9-10-12-13(5,6)11(2,3)4;3*1-3-4-2;/h8H,9-10H2,1-6H3;3*1,3-4H2,2H3;. The average molecular weight is 489 g/mol. The molecule has 3 heteroatoms. The van der Waals surface area contributed by atoms with Crippen molar-refractivity contribution in [1.29, 1.82) is 0 Å². The van der Waals surface area contributed by atoms with Gasteiger partial charge in [-0.25, -0.2) is 0 Å². The first-order valence-corrected chi connectivity index (χ1v) is 21.8. The van der Waals surface area contributed by atoms with Crippen molar-refractivity contribution in [3.63, 3.8) is 0 Å². The Morgan fingerprint density at radius 3 is 1.65 bits per heavy atom. The van der Waals surface area contributed by atoms with Crippen molar-refractivity contribution in [3.05, 3.63) is 9.67 Å². The van der Waals surface area contributed by atoms with Crippen molar-refractivity contribution in [2.24, 2.45) is 0 Å². The molecule has 156 valence electrons. The van der Waals surface area contributed by atoms with Gasteiger partial charge in [-0.2, -0.15) is 0 Å². The molecule has 0 saturated heterocycles. The van der Waals surface area contributed by atoms with Crippen molar-refractivity contribution in [2.45, 2.75) is 125 Å². The molecule has 0 aliphatic heterocycles. The Morgan fingerprint density at radius 2 is 1.31 bits per heavy atom. The molecule has 0 aromatic carbocycles. The van der Waals surface area contributed by atoms with Crippen LogP contribution in [0.2, 0.25) is 31.4 Å². The Hall–Kier alpha value is 0.716. The van der Waals surface area contributed by atoms with Gasteiger partial charge in [-0.15, -0.1) is 0 Å². The van der Waals surface area contributed by atoms with Crippen molar-refractivity contribution in [1.82, 2.24) is 0 Å². The fourth-order valence-electron chi connectivity index (χ4n) is 3.53. The summed E-state index contributed by atoms with van der Waals surface area (Å²) in [5.41, 5.74) is 0. The Balaban J connectivity index is 5.05. The topological polar surface area (TPSA) is 9.23 Å². The first kappa shape index (κ1) is 26.7. The van der Waals surface area contributed by atoms with Crippen LogP contribution in [-0.4, -0.2) is 33.3 Å². The summed E-state index contributed by atoms with van der Waals surface area (Å²) in [6.45, 7) is 22.3. The first-order valence-electron chi connectivity index (χ1n) is 11.4. The summed E-state index contributed by atoms with van der Waals surface area (Å²) in [5, 5.41) is 0.318. The molecular formula is C23H50OSiSn. The second-order valence-corrected chi connectivity index (χ2v) is 28.5. The van der Waals surface area contributed by atoms with E-state index in [9.17, 15) is 0 Å². The predicted octanol–water partition coefficient (Wildman–Crippen LogP) is 8.73. The first-order chi connectivity index (χ1) is 12.1. The monoisotopic (exact) mass is 490 g/mol. The Labute approximate surface area is 171 Å². The molecule has 1 nitrogen and oxygen atoms in total. The number of hydrogen-bond acceptors (Lipinski definition) is 1. The van der Waals surface area contributed by atoms with Gasteiger partial charge in [0.1, 0.15) is 0 Å². The van der Waals surface area contributed by atoms with Gasteiger partial charge in [-0.1, -0.05) is 0 Å². The van der Waals surface area contributed by atoms with E-state index in [1.165, 1.54) is 38.5 Å². The second-order valence-electron chi connectivity index (χ2n) is 9.88. The SMILES string of the molecule is CCC[CH2][Sn]([CH2]CCC)([CH2]CCC)/[C](C)=C/CCO[Si](C)(C)C(C)(C)C. The molecule has 0 aromatic heterocycles. The Bertz CT molecular complexity index is 374. The second kappa shape index (κ2) is 13.0. The minimum atomic E-state index is -2.16. The van der Waals surface area contributed by atoms with Gasteiger partial charge in [0.05, 0.1) is 0 Å². The fraction of sp³-hybridized carbons (Fsp3) is 0.913. The van der Waals surface area contributed by atoms with Crippen LogP contribution in [-0.2, 0) is 4.43 Å². The molecule has 0 fully saturated rings. The van der Waals surface area contributed by atoms with Crippen molar-refractivity contribution >= 4 is 26.7 Å². The molecule has 0 atom stereocenters. The van der Waals surface area contributed by atoms with Gasteiger partial charge in [0.25, 0.3) is 0 Å². The molecule has 0 unspecified atom stereocenters. The predicted molar refractivity (Wildman–Crippen MR) is 126 cm³/mol. The Kier molecular flexibility index (Phi) is 13.4. The maximum atomic E-state index is 6.42. The van der Waals surface area contributed by atoms with Crippen molar-refractivity contribution < 1.29 is 4.43 Å². The zero-order valence-corrected chi connectivity index (χ0v) is 23.6. The van der Waals surface area contributed by atoms with E-state index in [4.69, 9.17) is 4.43 Å². The van der Waals surface area contributed by atoms with Gasteiger partial charge in [0.15, 0.2) is 0 Å². The summed E-state index contributed by atoms with van der Waals surface area (Å²) in [6.07, 6.45) is 12.2.